The molecule has 0 saturated heterocycles. The summed E-state index contributed by atoms with van der Waals surface area (Å²) in [5.74, 6) is 0. The Labute approximate surface area is 83.4 Å². The van der Waals surface area contributed by atoms with Crippen LogP contribution in [0.3, 0.4) is 0 Å². The molecule has 0 heterocycles. The summed E-state index contributed by atoms with van der Waals surface area (Å²) in [6, 6.07) is 0. The van der Waals surface area contributed by atoms with Gasteiger partial charge in [0, 0.05) is 32.7 Å². The maximum Gasteiger partial charge on any atom is 0.665 e. The van der Waals surface area contributed by atoms with Crippen LogP contribution < -0.4 is 0 Å². The van der Waals surface area contributed by atoms with Crippen LogP contribution >= 0.6 is 0 Å². The molecule has 10 heteroatoms. The van der Waals surface area contributed by atoms with Gasteiger partial charge in [-0.05, 0) is 0 Å². The third-order valence-electron chi connectivity index (χ3n) is 0.274. The summed E-state index contributed by atoms with van der Waals surface area (Å²) < 4.78 is 3.24. The van der Waals surface area contributed by atoms with Gasteiger partial charge in [-0.25, -0.2) is 0 Å². The average Bonchev–Trinajstić information content (AvgIpc) is 1.14. The van der Waals surface area contributed by atoms with Crippen molar-refractivity contribution in [3.05, 3.63) is 0 Å². The number of rotatable bonds is 2. The number of hydrogen-bond acceptors (Lipinski definition) is 7. The standard InChI is InChI=1S/H6O7Si2.Y/c1-8(2,3)7-9(4,5)6;/h1-6H;. The van der Waals surface area contributed by atoms with E-state index in [2.05, 4.69) is 4.12 Å². The molecule has 0 atom stereocenters. The second-order valence-corrected chi connectivity index (χ2v) is 4.36. The largest absolute Gasteiger partial charge is 0.665 e. The zero-order valence-electron chi connectivity index (χ0n) is 4.67. The molecule has 0 fully saturated rings. The van der Waals surface area contributed by atoms with Gasteiger partial charge in [0.2, 0.25) is 0 Å². The molecule has 0 unspecified atom stereocenters. The van der Waals surface area contributed by atoms with Crippen LogP contribution in [0.1, 0.15) is 0 Å². The molecule has 0 spiro atoms. The minimum atomic E-state index is -4.98. The molecule has 0 aromatic carbocycles. The van der Waals surface area contributed by atoms with E-state index in [0.29, 0.717) is 0 Å². The Morgan fingerprint density at radius 2 is 0.900 bits per heavy atom. The smallest absolute Gasteiger partial charge is 0.368 e. The SMILES string of the molecule is O[Si](O)(O)O[Si](O)(O)O.[Y]. The molecule has 7 nitrogen and oxygen atoms in total. The van der Waals surface area contributed by atoms with Crippen molar-refractivity contribution in [1.29, 1.82) is 0 Å². The summed E-state index contributed by atoms with van der Waals surface area (Å²) in [6.07, 6.45) is 0. The van der Waals surface area contributed by atoms with Crippen LogP contribution in [0.5, 0.6) is 0 Å². The van der Waals surface area contributed by atoms with Gasteiger partial charge in [0.15, 0.2) is 0 Å². The second-order valence-electron chi connectivity index (χ2n) is 1.25. The molecule has 0 aliphatic carbocycles. The van der Waals surface area contributed by atoms with E-state index in [1.165, 1.54) is 0 Å². The molecule has 0 aromatic rings. The Hall–Kier alpha value is 1.26. The number of hydrogen-bond donors (Lipinski definition) is 6. The van der Waals surface area contributed by atoms with E-state index in [1.807, 2.05) is 0 Å². The van der Waals surface area contributed by atoms with E-state index in [9.17, 15) is 0 Å². The average molecular weight is 263 g/mol. The Morgan fingerprint density at radius 1 is 0.700 bits per heavy atom. The van der Waals surface area contributed by atoms with Crippen LogP contribution in [0, 0.1) is 0 Å². The fourth-order valence-corrected chi connectivity index (χ4v) is 1.65. The van der Waals surface area contributed by atoms with E-state index in [1.54, 1.807) is 0 Å². The molecule has 0 bridgehead atoms. The molecule has 0 aliphatic rings. The second kappa shape index (κ2) is 4.32. The minimum absolute atomic E-state index is 0. The first-order valence-electron chi connectivity index (χ1n) is 1.75. The first-order valence-corrected chi connectivity index (χ1v) is 5.25. The maximum atomic E-state index is 7.94. The molecule has 1 radical (unpaired) electrons. The maximum absolute atomic E-state index is 7.94. The molecular formula is H6O7Si2Y. The summed E-state index contributed by atoms with van der Waals surface area (Å²) in [6.45, 7) is 0. The monoisotopic (exact) mass is 263 g/mol. The summed E-state index contributed by atoms with van der Waals surface area (Å²) in [4.78, 5) is 47.6. The molecule has 6 N–H and O–H groups in total. The predicted molar refractivity (Wildman–Crippen MR) is 25.9 cm³/mol. The Bertz CT molecular complexity index is 76.8. The van der Waals surface area contributed by atoms with Crippen molar-refractivity contribution >= 4 is 18.1 Å². The van der Waals surface area contributed by atoms with Gasteiger partial charge in [0.1, 0.15) is 0 Å². The van der Waals surface area contributed by atoms with E-state index in [-0.39, 0.29) is 32.7 Å². The zero-order valence-corrected chi connectivity index (χ0v) is 9.51. The fraction of sp³-hybridized carbons (Fsp3) is 0. The van der Waals surface area contributed by atoms with Crippen molar-refractivity contribution in [2.75, 3.05) is 0 Å². The molecule has 0 saturated carbocycles. The molecule has 0 rings (SSSR count). The van der Waals surface area contributed by atoms with Crippen LogP contribution in [0.4, 0.5) is 0 Å². The minimum Gasteiger partial charge on any atom is -0.368 e. The Morgan fingerprint density at radius 3 is 0.900 bits per heavy atom. The summed E-state index contributed by atoms with van der Waals surface area (Å²) in [5.41, 5.74) is 0. The summed E-state index contributed by atoms with van der Waals surface area (Å²) >= 11 is 0. The van der Waals surface area contributed by atoms with Crippen molar-refractivity contribution in [1.82, 2.24) is 0 Å². The first-order chi connectivity index (χ1) is 3.71. The van der Waals surface area contributed by atoms with Gasteiger partial charge in [-0.2, -0.15) is 0 Å². The van der Waals surface area contributed by atoms with Crippen molar-refractivity contribution in [3.63, 3.8) is 0 Å². The van der Waals surface area contributed by atoms with Gasteiger partial charge < -0.3 is 32.9 Å². The van der Waals surface area contributed by atoms with Gasteiger partial charge in [0.05, 0.1) is 0 Å². The van der Waals surface area contributed by atoms with Crippen LogP contribution in [0.2, 0.25) is 0 Å². The third-order valence-corrected chi connectivity index (χ3v) is 2.46. The van der Waals surface area contributed by atoms with Gasteiger partial charge in [-0.15, -0.1) is 0 Å². The quantitative estimate of drug-likeness (QED) is 0.279. The van der Waals surface area contributed by atoms with Crippen molar-refractivity contribution < 1.29 is 65.6 Å². The van der Waals surface area contributed by atoms with Gasteiger partial charge in [-0.1, -0.05) is 0 Å². The van der Waals surface area contributed by atoms with Crippen LogP contribution in [0.25, 0.3) is 0 Å². The molecule has 0 aliphatic heterocycles. The predicted octanol–water partition coefficient (Wildman–Crippen LogP) is -4.17. The Kier molecular flexibility index (Phi) is 5.98. The van der Waals surface area contributed by atoms with Crippen molar-refractivity contribution in [2.45, 2.75) is 0 Å². The van der Waals surface area contributed by atoms with E-state index in [4.69, 9.17) is 28.8 Å². The fourth-order valence-electron chi connectivity index (χ4n) is 0.184. The third kappa shape index (κ3) is 12.0. The van der Waals surface area contributed by atoms with Crippen LogP contribution in [0.15, 0.2) is 0 Å². The van der Waals surface area contributed by atoms with Gasteiger partial charge in [0.25, 0.3) is 0 Å². The van der Waals surface area contributed by atoms with Crippen molar-refractivity contribution in [2.24, 2.45) is 0 Å². The molecule has 10 heavy (non-hydrogen) atoms. The first kappa shape index (κ1) is 13.8. The molecule has 59 valence electrons. The topological polar surface area (TPSA) is 131 Å². The van der Waals surface area contributed by atoms with Gasteiger partial charge in [-0.3, -0.25) is 0 Å². The Balaban J connectivity index is 0. The van der Waals surface area contributed by atoms with E-state index < -0.39 is 18.1 Å². The zero-order chi connectivity index (χ0) is 7.71. The van der Waals surface area contributed by atoms with Crippen LogP contribution in [-0.4, -0.2) is 46.9 Å². The van der Waals surface area contributed by atoms with Gasteiger partial charge >= 0.3 is 18.1 Å². The van der Waals surface area contributed by atoms with Crippen molar-refractivity contribution in [3.8, 4) is 0 Å². The van der Waals surface area contributed by atoms with Crippen LogP contribution in [-0.2, 0) is 36.8 Å². The molecule has 0 aromatic heterocycles. The summed E-state index contributed by atoms with van der Waals surface area (Å²) in [5, 5.41) is 0. The molecule has 0 amide bonds. The normalized spacial score (nSPS) is 12.6. The van der Waals surface area contributed by atoms with E-state index in [0.717, 1.165) is 0 Å². The molecular weight excluding hydrogens is 257 g/mol. The summed E-state index contributed by atoms with van der Waals surface area (Å²) in [7, 11) is -9.96. The van der Waals surface area contributed by atoms with E-state index >= 15 is 0 Å².